The Morgan fingerprint density at radius 3 is 2.72 bits per heavy atom. The average Bonchev–Trinajstić information content (AvgIpc) is 2.39. The molecule has 4 heteroatoms. The molecule has 0 spiro atoms. The Balaban J connectivity index is 2.19. The summed E-state index contributed by atoms with van der Waals surface area (Å²) in [5, 5.41) is 2.80. The van der Waals surface area contributed by atoms with Gasteiger partial charge in [-0.15, -0.1) is 0 Å². The van der Waals surface area contributed by atoms with E-state index < -0.39 is 0 Å². The smallest absolute Gasteiger partial charge is 0.245 e. The maximum atomic E-state index is 11.1. The van der Waals surface area contributed by atoms with E-state index >= 15 is 0 Å². The normalized spacial score (nSPS) is 10.1. The fraction of sp³-hybridized carbons (Fsp3) is 0.500. The van der Waals surface area contributed by atoms with Gasteiger partial charge in [0.25, 0.3) is 0 Å². The van der Waals surface area contributed by atoms with Gasteiger partial charge in [-0.3, -0.25) is 4.79 Å². The summed E-state index contributed by atoms with van der Waals surface area (Å²) in [7, 11) is 3.20. The fourth-order valence-electron chi connectivity index (χ4n) is 1.76. The largest absolute Gasteiger partial charge is 0.496 e. The van der Waals surface area contributed by atoms with Crippen LogP contribution in [0.1, 0.15) is 18.4 Å². The molecule has 1 rings (SSSR count). The first-order valence-corrected chi connectivity index (χ1v) is 6.15. The molecule has 1 amide bonds. The Hall–Kier alpha value is -1.55. The number of carbonyl (C=O) groups is 1. The van der Waals surface area contributed by atoms with E-state index in [9.17, 15) is 4.79 Å². The summed E-state index contributed by atoms with van der Waals surface area (Å²) >= 11 is 0. The van der Waals surface area contributed by atoms with E-state index in [0.29, 0.717) is 6.54 Å². The quantitative estimate of drug-likeness (QED) is 0.716. The summed E-state index contributed by atoms with van der Waals surface area (Å²) in [4.78, 5) is 11.1. The van der Waals surface area contributed by atoms with Crippen LogP contribution in [0.15, 0.2) is 24.3 Å². The molecule has 0 saturated heterocycles. The van der Waals surface area contributed by atoms with E-state index in [1.54, 1.807) is 7.11 Å². The Bertz CT molecular complexity index is 366. The molecule has 1 aromatic carbocycles. The Morgan fingerprint density at radius 1 is 1.22 bits per heavy atom. The maximum Gasteiger partial charge on any atom is 0.245 e. The highest BCUT2D eigenvalue weighted by molar-refractivity contribution is 5.77. The van der Waals surface area contributed by atoms with Crippen LogP contribution in [0, 0.1) is 0 Å². The van der Waals surface area contributed by atoms with Crippen LogP contribution in [-0.4, -0.2) is 33.3 Å². The van der Waals surface area contributed by atoms with Crippen molar-refractivity contribution in [2.75, 3.05) is 27.4 Å². The lowest BCUT2D eigenvalue weighted by atomic mass is 10.1. The first-order valence-electron chi connectivity index (χ1n) is 6.15. The van der Waals surface area contributed by atoms with Gasteiger partial charge in [0.15, 0.2) is 0 Å². The number of carbonyl (C=O) groups excluding carboxylic acids is 1. The Labute approximate surface area is 108 Å². The molecule has 0 fully saturated rings. The van der Waals surface area contributed by atoms with E-state index in [2.05, 4.69) is 11.4 Å². The molecule has 0 saturated carbocycles. The minimum Gasteiger partial charge on any atom is -0.496 e. The minimum absolute atomic E-state index is 0.0604. The number of hydrogen-bond donors (Lipinski definition) is 1. The van der Waals surface area contributed by atoms with Gasteiger partial charge in [0.05, 0.1) is 7.11 Å². The van der Waals surface area contributed by atoms with Crippen molar-refractivity contribution in [1.82, 2.24) is 5.32 Å². The molecule has 1 N–H and O–H groups in total. The molecular weight excluding hydrogens is 230 g/mol. The third-order valence-electron chi connectivity index (χ3n) is 2.66. The van der Waals surface area contributed by atoms with Crippen molar-refractivity contribution in [3.8, 4) is 5.75 Å². The van der Waals surface area contributed by atoms with E-state index in [4.69, 9.17) is 9.47 Å². The van der Waals surface area contributed by atoms with Crippen LogP contribution in [-0.2, 0) is 16.0 Å². The molecule has 0 aromatic heterocycles. The molecule has 0 radical (unpaired) electrons. The number of nitrogens with one attached hydrogen (secondary N) is 1. The van der Waals surface area contributed by atoms with Crippen LogP contribution in [0.4, 0.5) is 0 Å². The highest BCUT2D eigenvalue weighted by Gasteiger charge is 2.02. The first-order chi connectivity index (χ1) is 8.77. The third-order valence-corrected chi connectivity index (χ3v) is 2.66. The van der Waals surface area contributed by atoms with Gasteiger partial charge in [-0.05, 0) is 30.9 Å². The minimum atomic E-state index is -0.0604. The number of benzene rings is 1. The zero-order chi connectivity index (χ0) is 13.2. The van der Waals surface area contributed by atoms with Crippen molar-refractivity contribution < 1.29 is 14.3 Å². The van der Waals surface area contributed by atoms with E-state index in [0.717, 1.165) is 25.0 Å². The predicted molar refractivity (Wildman–Crippen MR) is 70.8 cm³/mol. The van der Waals surface area contributed by atoms with Gasteiger partial charge in [0, 0.05) is 13.7 Å². The van der Waals surface area contributed by atoms with Gasteiger partial charge in [0.2, 0.25) is 5.91 Å². The maximum absolute atomic E-state index is 11.1. The molecule has 4 nitrogen and oxygen atoms in total. The molecule has 0 heterocycles. The Morgan fingerprint density at radius 2 is 2.00 bits per heavy atom. The van der Waals surface area contributed by atoms with Gasteiger partial charge in [0.1, 0.15) is 12.4 Å². The van der Waals surface area contributed by atoms with Crippen LogP contribution < -0.4 is 10.1 Å². The first kappa shape index (κ1) is 14.5. The second-order valence-corrected chi connectivity index (χ2v) is 4.05. The summed E-state index contributed by atoms with van der Waals surface area (Å²) in [6.45, 7) is 0.823. The second kappa shape index (κ2) is 8.53. The summed E-state index contributed by atoms with van der Waals surface area (Å²) in [6.07, 6.45) is 2.94. The van der Waals surface area contributed by atoms with E-state index in [1.807, 2.05) is 18.2 Å². The zero-order valence-corrected chi connectivity index (χ0v) is 11.1. The number of aryl methyl sites for hydroxylation is 1. The monoisotopic (exact) mass is 251 g/mol. The van der Waals surface area contributed by atoms with Crippen molar-refractivity contribution >= 4 is 5.91 Å². The second-order valence-electron chi connectivity index (χ2n) is 4.05. The summed E-state index contributed by atoms with van der Waals surface area (Å²) < 4.78 is 10.0. The van der Waals surface area contributed by atoms with Gasteiger partial charge in [-0.25, -0.2) is 0 Å². The predicted octanol–water partition coefficient (Wildman–Crippen LogP) is 1.78. The number of ether oxygens (including phenoxy) is 2. The third kappa shape index (κ3) is 5.19. The van der Waals surface area contributed by atoms with Gasteiger partial charge in [-0.1, -0.05) is 18.2 Å². The zero-order valence-electron chi connectivity index (χ0n) is 11.1. The number of rotatable bonds is 8. The van der Waals surface area contributed by atoms with Crippen molar-refractivity contribution in [3.63, 3.8) is 0 Å². The van der Waals surface area contributed by atoms with Gasteiger partial charge >= 0.3 is 0 Å². The topological polar surface area (TPSA) is 47.6 Å². The van der Waals surface area contributed by atoms with Crippen LogP contribution in [0.2, 0.25) is 0 Å². The van der Waals surface area contributed by atoms with Crippen LogP contribution in [0.25, 0.3) is 0 Å². The van der Waals surface area contributed by atoms with Crippen LogP contribution >= 0.6 is 0 Å². The molecular formula is C14H21NO3. The molecule has 0 aliphatic rings. The summed E-state index contributed by atoms with van der Waals surface area (Å²) in [5.74, 6) is 0.871. The van der Waals surface area contributed by atoms with Gasteiger partial charge < -0.3 is 14.8 Å². The van der Waals surface area contributed by atoms with E-state index in [-0.39, 0.29) is 12.5 Å². The standard InChI is InChI=1S/C14H21NO3/c1-17-11-14(16)15-10-6-5-8-12-7-3-4-9-13(12)18-2/h3-4,7,9H,5-6,8,10-11H2,1-2H3,(H,15,16). The van der Waals surface area contributed by atoms with Crippen molar-refractivity contribution in [2.45, 2.75) is 19.3 Å². The number of unbranched alkanes of at least 4 members (excludes halogenated alkanes) is 1. The summed E-state index contributed by atoms with van der Waals surface area (Å²) in [6, 6.07) is 8.02. The highest BCUT2D eigenvalue weighted by atomic mass is 16.5. The van der Waals surface area contributed by atoms with Crippen LogP contribution in [0.3, 0.4) is 0 Å². The molecule has 0 aliphatic carbocycles. The SMILES string of the molecule is COCC(=O)NCCCCc1ccccc1OC. The van der Waals surface area contributed by atoms with Crippen molar-refractivity contribution in [2.24, 2.45) is 0 Å². The number of para-hydroxylation sites is 1. The molecule has 1 aromatic rings. The highest BCUT2D eigenvalue weighted by Crippen LogP contribution is 2.19. The lowest BCUT2D eigenvalue weighted by molar-refractivity contribution is -0.124. The molecule has 0 unspecified atom stereocenters. The number of amides is 1. The number of hydrogen-bond acceptors (Lipinski definition) is 3. The Kier molecular flexibility index (Phi) is 6.87. The van der Waals surface area contributed by atoms with Crippen molar-refractivity contribution in [1.29, 1.82) is 0 Å². The lowest BCUT2D eigenvalue weighted by Gasteiger charge is -2.08. The lowest BCUT2D eigenvalue weighted by Crippen LogP contribution is -2.27. The average molecular weight is 251 g/mol. The molecule has 100 valence electrons. The summed E-state index contributed by atoms with van der Waals surface area (Å²) in [5.41, 5.74) is 1.21. The fourth-order valence-corrected chi connectivity index (χ4v) is 1.76. The number of methoxy groups -OCH3 is 2. The van der Waals surface area contributed by atoms with E-state index in [1.165, 1.54) is 12.7 Å². The molecule has 18 heavy (non-hydrogen) atoms. The molecule has 0 aliphatic heterocycles. The van der Waals surface area contributed by atoms with Gasteiger partial charge in [-0.2, -0.15) is 0 Å². The molecule has 0 atom stereocenters. The molecule has 0 bridgehead atoms. The van der Waals surface area contributed by atoms with Crippen molar-refractivity contribution in [3.05, 3.63) is 29.8 Å². The van der Waals surface area contributed by atoms with Crippen LogP contribution in [0.5, 0.6) is 5.75 Å².